The fourth-order valence-corrected chi connectivity index (χ4v) is 2.48. The molecule has 0 radical (unpaired) electrons. The fourth-order valence-electron chi connectivity index (χ4n) is 1.74. The van der Waals surface area contributed by atoms with Gasteiger partial charge in [-0.3, -0.25) is 0 Å². The van der Waals surface area contributed by atoms with Crippen LogP contribution in [0, 0.1) is 0 Å². The molecule has 0 saturated carbocycles. The van der Waals surface area contributed by atoms with Gasteiger partial charge < -0.3 is 11.1 Å². The van der Waals surface area contributed by atoms with E-state index in [-0.39, 0.29) is 0 Å². The number of hydrogen-bond donors (Lipinski definition) is 2. The van der Waals surface area contributed by atoms with Gasteiger partial charge in [0, 0.05) is 19.1 Å². The zero-order valence-corrected chi connectivity index (χ0v) is 7.81. The highest BCUT2D eigenvalue weighted by Gasteiger charge is 2.20. The van der Waals surface area contributed by atoms with E-state index in [1.54, 1.807) is 11.3 Å². The molecule has 0 aromatic carbocycles. The molecule has 2 unspecified atom stereocenters. The van der Waals surface area contributed by atoms with Gasteiger partial charge in [-0.2, -0.15) is 11.3 Å². The first-order valence-electron chi connectivity index (χ1n) is 4.34. The van der Waals surface area contributed by atoms with Gasteiger partial charge in [0.2, 0.25) is 0 Å². The van der Waals surface area contributed by atoms with E-state index in [9.17, 15) is 0 Å². The molecule has 1 saturated heterocycles. The summed E-state index contributed by atoms with van der Waals surface area (Å²) in [6.07, 6.45) is 1.13. The van der Waals surface area contributed by atoms with Crippen molar-refractivity contribution in [2.24, 2.45) is 5.73 Å². The number of rotatable bonds is 1. The van der Waals surface area contributed by atoms with Crippen molar-refractivity contribution in [2.45, 2.75) is 18.4 Å². The molecule has 1 aliphatic rings. The van der Waals surface area contributed by atoms with Crippen molar-refractivity contribution >= 4 is 11.3 Å². The van der Waals surface area contributed by atoms with Crippen LogP contribution in [0.5, 0.6) is 0 Å². The molecule has 3 heteroatoms. The highest BCUT2D eigenvalue weighted by atomic mass is 32.1. The van der Waals surface area contributed by atoms with Crippen LogP contribution >= 0.6 is 11.3 Å². The topological polar surface area (TPSA) is 38.0 Å². The summed E-state index contributed by atoms with van der Waals surface area (Å²) in [6.45, 7) is 2.06. The summed E-state index contributed by atoms with van der Waals surface area (Å²) in [5, 5.41) is 7.71. The number of piperidine rings is 1. The Hall–Kier alpha value is -0.380. The molecule has 1 fully saturated rings. The molecule has 0 spiro atoms. The van der Waals surface area contributed by atoms with E-state index < -0.39 is 0 Å². The summed E-state index contributed by atoms with van der Waals surface area (Å²) in [4.78, 5) is 0. The van der Waals surface area contributed by atoms with Crippen LogP contribution in [0.3, 0.4) is 0 Å². The Kier molecular flexibility index (Phi) is 2.44. The third kappa shape index (κ3) is 1.68. The van der Waals surface area contributed by atoms with Crippen LogP contribution in [-0.4, -0.2) is 19.1 Å². The summed E-state index contributed by atoms with van der Waals surface area (Å²) in [5.41, 5.74) is 7.32. The highest BCUT2D eigenvalue weighted by molar-refractivity contribution is 7.07. The molecule has 0 amide bonds. The van der Waals surface area contributed by atoms with Gasteiger partial charge in [-0.25, -0.2) is 0 Å². The second-order valence-corrected chi connectivity index (χ2v) is 4.19. The Balaban J connectivity index is 2.04. The molecule has 0 aliphatic carbocycles. The van der Waals surface area contributed by atoms with Crippen LogP contribution in [0.15, 0.2) is 16.8 Å². The first-order chi connectivity index (χ1) is 5.86. The van der Waals surface area contributed by atoms with Crippen LogP contribution in [0.25, 0.3) is 0 Å². The summed E-state index contributed by atoms with van der Waals surface area (Å²) < 4.78 is 0. The van der Waals surface area contributed by atoms with E-state index in [0.29, 0.717) is 12.0 Å². The van der Waals surface area contributed by atoms with E-state index >= 15 is 0 Å². The predicted molar refractivity (Wildman–Crippen MR) is 52.5 cm³/mol. The summed E-state index contributed by atoms with van der Waals surface area (Å²) in [7, 11) is 0. The van der Waals surface area contributed by atoms with Crippen molar-refractivity contribution in [3.8, 4) is 0 Å². The number of thiophene rings is 1. The van der Waals surface area contributed by atoms with Crippen LogP contribution in [0.1, 0.15) is 17.9 Å². The lowest BCUT2D eigenvalue weighted by molar-refractivity contribution is 0.412. The van der Waals surface area contributed by atoms with Crippen LogP contribution in [0.4, 0.5) is 0 Å². The molecule has 0 bridgehead atoms. The molecule has 1 aliphatic heterocycles. The van der Waals surface area contributed by atoms with Crippen molar-refractivity contribution < 1.29 is 0 Å². The molecule has 3 N–H and O–H groups in total. The zero-order valence-electron chi connectivity index (χ0n) is 6.99. The van der Waals surface area contributed by atoms with E-state index in [1.165, 1.54) is 5.56 Å². The highest BCUT2D eigenvalue weighted by Crippen LogP contribution is 2.24. The van der Waals surface area contributed by atoms with E-state index in [0.717, 1.165) is 19.5 Å². The number of nitrogens with one attached hydrogen (secondary N) is 1. The minimum absolute atomic E-state index is 0.337. The normalized spacial score (nSPS) is 30.4. The van der Waals surface area contributed by atoms with Gasteiger partial charge in [0.05, 0.1) is 0 Å². The molecule has 1 aromatic heterocycles. The van der Waals surface area contributed by atoms with Gasteiger partial charge in [-0.1, -0.05) is 0 Å². The summed E-state index contributed by atoms with van der Waals surface area (Å²) >= 11 is 1.77. The molecular formula is C9H14N2S. The molecule has 1 aromatic rings. The number of nitrogens with two attached hydrogens (primary N) is 1. The van der Waals surface area contributed by atoms with Gasteiger partial charge in [-0.15, -0.1) is 0 Å². The standard InChI is InChI=1S/C9H14N2S/c10-9-3-8(4-11-5-9)7-1-2-12-6-7/h1-2,6,8-9,11H,3-5,10H2. The average molecular weight is 182 g/mol. The second kappa shape index (κ2) is 3.56. The Morgan fingerprint density at radius 1 is 1.50 bits per heavy atom. The summed E-state index contributed by atoms with van der Waals surface area (Å²) in [6, 6.07) is 2.54. The van der Waals surface area contributed by atoms with E-state index in [2.05, 4.69) is 22.1 Å². The molecular weight excluding hydrogens is 168 g/mol. The van der Waals surface area contributed by atoms with Crippen LogP contribution in [-0.2, 0) is 0 Å². The molecule has 2 atom stereocenters. The molecule has 12 heavy (non-hydrogen) atoms. The minimum atomic E-state index is 0.337. The molecule has 2 heterocycles. The quantitative estimate of drug-likeness (QED) is 0.684. The fraction of sp³-hybridized carbons (Fsp3) is 0.556. The average Bonchev–Trinajstić information content (AvgIpc) is 2.56. The van der Waals surface area contributed by atoms with Gasteiger partial charge >= 0.3 is 0 Å². The Morgan fingerprint density at radius 2 is 2.42 bits per heavy atom. The van der Waals surface area contributed by atoms with Gasteiger partial charge in [-0.05, 0) is 34.7 Å². The van der Waals surface area contributed by atoms with Gasteiger partial charge in [0.1, 0.15) is 0 Å². The summed E-state index contributed by atoms with van der Waals surface area (Å²) in [5.74, 6) is 0.639. The lowest BCUT2D eigenvalue weighted by Gasteiger charge is -2.27. The smallest absolute Gasteiger partial charge is 0.0171 e. The lowest BCUT2D eigenvalue weighted by atomic mass is 9.91. The maximum Gasteiger partial charge on any atom is 0.0171 e. The monoisotopic (exact) mass is 182 g/mol. The van der Waals surface area contributed by atoms with E-state index in [4.69, 9.17) is 5.73 Å². The zero-order chi connectivity index (χ0) is 8.39. The van der Waals surface area contributed by atoms with Gasteiger partial charge in [0.25, 0.3) is 0 Å². The molecule has 66 valence electrons. The van der Waals surface area contributed by atoms with E-state index in [1.807, 2.05) is 0 Å². The van der Waals surface area contributed by atoms with Crippen molar-refractivity contribution in [1.82, 2.24) is 5.32 Å². The van der Waals surface area contributed by atoms with Crippen LogP contribution in [0.2, 0.25) is 0 Å². The Bertz CT molecular complexity index is 233. The first kappa shape index (κ1) is 8.23. The third-order valence-corrected chi connectivity index (χ3v) is 3.10. The number of hydrogen-bond acceptors (Lipinski definition) is 3. The van der Waals surface area contributed by atoms with Crippen molar-refractivity contribution in [1.29, 1.82) is 0 Å². The predicted octanol–water partition coefficient (Wildman–Crippen LogP) is 1.15. The van der Waals surface area contributed by atoms with Crippen molar-refractivity contribution in [3.63, 3.8) is 0 Å². The maximum atomic E-state index is 5.87. The SMILES string of the molecule is NC1CNCC(c2ccsc2)C1. The Morgan fingerprint density at radius 3 is 3.08 bits per heavy atom. The largest absolute Gasteiger partial charge is 0.327 e. The third-order valence-electron chi connectivity index (χ3n) is 2.40. The maximum absolute atomic E-state index is 5.87. The minimum Gasteiger partial charge on any atom is -0.327 e. The first-order valence-corrected chi connectivity index (χ1v) is 5.29. The Labute approximate surface area is 76.8 Å². The second-order valence-electron chi connectivity index (χ2n) is 3.41. The van der Waals surface area contributed by atoms with Crippen LogP contribution < -0.4 is 11.1 Å². The molecule has 2 nitrogen and oxygen atoms in total. The molecule has 2 rings (SSSR count). The lowest BCUT2D eigenvalue weighted by Crippen LogP contribution is -2.42. The van der Waals surface area contributed by atoms with Crippen molar-refractivity contribution in [3.05, 3.63) is 22.4 Å². The van der Waals surface area contributed by atoms with Gasteiger partial charge in [0.15, 0.2) is 0 Å². The van der Waals surface area contributed by atoms with Crippen molar-refractivity contribution in [2.75, 3.05) is 13.1 Å².